The number of aryl methyl sites for hydroxylation is 1. The van der Waals surface area contributed by atoms with Gasteiger partial charge in [-0.25, -0.2) is 0 Å². The molecule has 0 aliphatic heterocycles. The summed E-state index contributed by atoms with van der Waals surface area (Å²) in [6, 6.07) is 24.1. The molecule has 3 aromatic carbocycles. The van der Waals surface area contributed by atoms with Crippen LogP contribution in [0.4, 0.5) is 0 Å². The molecule has 0 aliphatic carbocycles. The van der Waals surface area contributed by atoms with Gasteiger partial charge in [0, 0.05) is 20.2 Å². The molecule has 96 valence electrons. The zero-order valence-electron chi connectivity index (χ0n) is 11.3. The highest BCUT2D eigenvalue weighted by Crippen LogP contribution is 2.36. The molecule has 0 spiro atoms. The molecule has 4 rings (SSSR count). The third-order valence-electron chi connectivity index (χ3n) is 3.73. The molecule has 1 heterocycles. The van der Waals surface area contributed by atoms with E-state index >= 15 is 0 Å². The zero-order chi connectivity index (χ0) is 13.5. The van der Waals surface area contributed by atoms with E-state index in [9.17, 15) is 0 Å². The van der Waals surface area contributed by atoms with Crippen molar-refractivity contribution in [1.82, 2.24) is 0 Å². The Morgan fingerprint density at radius 2 is 1.35 bits per heavy atom. The lowest BCUT2D eigenvalue weighted by Gasteiger charge is -2.02. The van der Waals surface area contributed by atoms with Gasteiger partial charge in [-0.05, 0) is 42.3 Å². The van der Waals surface area contributed by atoms with E-state index in [1.165, 1.54) is 36.9 Å². The maximum atomic E-state index is 2.32. The second-order valence-corrected chi connectivity index (χ2v) is 6.26. The molecule has 0 N–H and O–H groups in total. The Balaban J connectivity index is 2.03. The maximum absolute atomic E-state index is 2.32. The van der Waals surface area contributed by atoms with Crippen molar-refractivity contribution >= 4 is 31.5 Å². The Morgan fingerprint density at radius 1 is 0.650 bits per heavy atom. The van der Waals surface area contributed by atoms with E-state index in [4.69, 9.17) is 0 Å². The number of hydrogen-bond acceptors (Lipinski definition) is 1. The Hall–Kier alpha value is -2.12. The summed E-state index contributed by atoms with van der Waals surface area (Å²) in [5, 5.41) is 2.75. The Bertz CT molecular complexity index is 901. The normalized spacial score (nSPS) is 11.2. The topological polar surface area (TPSA) is 0 Å². The van der Waals surface area contributed by atoms with Crippen LogP contribution in [-0.4, -0.2) is 0 Å². The van der Waals surface area contributed by atoms with Crippen LogP contribution in [0.15, 0.2) is 66.7 Å². The molecule has 0 saturated heterocycles. The van der Waals surface area contributed by atoms with E-state index in [0.29, 0.717) is 0 Å². The molecule has 4 aromatic rings. The number of benzene rings is 3. The van der Waals surface area contributed by atoms with Crippen molar-refractivity contribution in [3.05, 3.63) is 72.3 Å². The van der Waals surface area contributed by atoms with Crippen molar-refractivity contribution in [1.29, 1.82) is 0 Å². The zero-order valence-corrected chi connectivity index (χ0v) is 12.1. The van der Waals surface area contributed by atoms with E-state index < -0.39 is 0 Å². The van der Waals surface area contributed by atoms with Crippen molar-refractivity contribution in [2.45, 2.75) is 6.92 Å². The van der Waals surface area contributed by atoms with Gasteiger partial charge in [0.15, 0.2) is 0 Å². The average molecular weight is 274 g/mol. The second-order valence-electron chi connectivity index (χ2n) is 5.18. The molecule has 0 bridgehead atoms. The van der Waals surface area contributed by atoms with Gasteiger partial charge in [-0.3, -0.25) is 0 Å². The standard InChI is InChI=1S/C19H14S/c1-13-7-9-18-16(11-13)17-12-15(8-10-19(17)20-18)14-5-3-2-4-6-14/h2-12H,1H3. The van der Waals surface area contributed by atoms with Crippen molar-refractivity contribution in [3.8, 4) is 11.1 Å². The number of fused-ring (bicyclic) bond motifs is 3. The summed E-state index contributed by atoms with van der Waals surface area (Å²) in [5.41, 5.74) is 3.89. The molecule has 0 unspecified atom stereocenters. The number of thiophene rings is 1. The highest BCUT2D eigenvalue weighted by Gasteiger charge is 2.06. The van der Waals surface area contributed by atoms with Gasteiger partial charge >= 0.3 is 0 Å². The molecule has 0 saturated carbocycles. The van der Waals surface area contributed by atoms with Crippen molar-refractivity contribution in [2.75, 3.05) is 0 Å². The predicted molar refractivity (Wildman–Crippen MR) is 89.5 cm³/mol. The minimum absolute atomic E-state index is 1.28. The van der Waals surface area contributed by atoms with Crippen molar-refractivity contribution in [3.63, 3.8) is 0 Å². The Kier molecular flexibility index (Phi) is 2.61. The fraction of sp³-hybridized carbons (Fsp3) is 0.0526. The molecule has 0 fully saturated rings. The van der Waals surface area contributed by atoms with Crippen molar-refractivity contribution < 1.29 is 0 Å². The quantitative estimate of drug-likeness (QED) is 0.397. The van der Waals surface area contributed by atoms with Crippen LogP contribution in [0.3, 0.4) is 0 Å². The van der Waals surface area contributed by atoms with Gasteiger partial charge in [-0.15, -0.1) is 11.3 Å². The highest BCUT2D eigenvalue weighted by molar-refractivity contribution is 7.25. The molecule has 0 atom stereocenters. The summed E-state index contributed by atoms with van der Waals surface area (Å²) in [6.07, 6.45) is 0. The molecule has 20 heavy (non-hydrogen) atoms. The van der Waals surface area contributed by atoms with Gasteiger partial charge in [-0.2, -0.15) is 0 Å². The summed E-state index contributed by atoms with van der Waals surface area (Å²) in [5.74, 6) is 0. The molecule has 0 radical (unpaired) electrons. The minimum atomic E-state index is 1.28. The predicted octanol–water partition coefficient (Wildman–Crippen LogP) is 6.03. The van der Waals surface area contributed by atoms with E-state index in [1.54, 1.807) is 0 Å². The first kappa shape index (κ1) is 11.7. The number of hydrogen-bond donors (Lipinski definition) is 0. The van der Waals surface area contributed by atoms with Crippen LogP contribution < -0.4 is 0 Å². The second kappa shape index (κ2) is 4.46. The van der Waals surface area contributed by atoms with Gasteiger partial charge < -0.3 is 0 Å². The molecule has 0 amide bonds. The van der Waals surface area contributed by atoms with Crippen LogP contribution in [0.1, 0.15) is 5.56 Å². The highest BCUT2D eigenvalue weighted by atomic mass is 32.1. The van der Waals surface area contributed by atoms with Crippen LogP contribution in [-0.2, 0) is 0 Å². The molecule has 1 aromatic heterocycles. The summed E-state index contributed by atoms with van der Waals surface area (Å²) in [4.78, 5) is 0. The van der Waals surface area contributed by atoms with Gasteiger partial charge in [0.2, 0.25) is 0 Å². The summed E-state index contributed by atoms with van der Waals surface area (Å²) < 4.78 is 2.74. The van der Waals surface area contributed by atoms with E-state index in [0.717, 1.165) is 0 Å². The fourth-order valence-corrected chi connectivity index (χ4v) is 3.77. The van der Waals surface area contributed by atoms with Crippen LogP contribution in [0.5, 0.6) is 0 Å². The van der Waals surface area contributed by atoms with Gasteiger partial charge in [0.05, 0.1) is 0 Å². The van der Waals surface area contributed by atoms with E-state index in [1.807, 2.05) is 11.3 Å². The van der Waals surface area contributed by atoms with Crippen LogP contribution >= 0.6 is 11.3 Å². The van der Waals surface area contributed by atoms with Gasteiger partial charge in [-0.1, -0.05) is 48.0 Å². The fourth-order valence-electron chi connectivity index (χ4n) is 2.70. The van der Waals surface area contributed by atoms with Crippen LogP contribution in [0.25, 0.3) is 31.3 Å². The molecule has 0 nitrogen and oxygen atoms in total. The molecular weight excluding hydrogens is 260 g/mol. The van der Waals surface area contributed by atoms with Gasteiger partial charge in [0.1, 0.15) is 0 Å². The Morgan fingerprint density at radius 3 is 2.15 bits per heavy atom. The van der Waals surface area contributed by atoms with E-state index in [2.05, 4.69) is 73.7 Å². The first-order chi connectivity index (χ1) is 9.81. The average Bonchev–Trinajstić information content (AvgIpc) is 2.85. The lowest BCUT2D eigenvalue weighted by Crippen LogP contribution is -1.76. The Labute approximate surface area is 122 Å². The third-order valence-corrected chi connectivity index (χ3v) is 4.88. The van der Waals surface area contributed by atoms with Crippen molar-refractivity contribution in [2.24, 2.45) is 0 Å². The molecule has 0 aliphatic rings. The first-order valence-electron chi connectivity index (χ1n) is 6.79. The smallest absolute Gasteiger partial charge is 0.0355 e. The largest absolute Gasteiger partial charge is 0.135 e. The lowest BCUT2D eigenvalue weighted by molar-refractivity contribution is 1.52. The van der Waals surface area contributed by atoms with Gasteiger partial charge in [0.25, 0.3) is 0 Å². The third kappa shape index (κ3) is 1.83. The van der Waals surface area contributed by atoms with Crippen LogP contribution in [0.2, 0.25) is 0 Å². The molecular formula is C19H14S. The first-order valence-corrected chi connectivity index (χ1v) is 7.61. The summed E-state index contributed by atoms with van der Waals surface area (Å²) in [6.45, 7) is 2.16. The SMILES string of the molecule is Cc1ccc2sc3ccc(-c4ccccc4)cc3c2c1. The number of rotatable bonds is 1. The summed E-state index contributed by atoms with van der Waals surface area (Å²) >= 11 is 1.87. The van der Waals surface area contributed by atoms with E-state index in [-0.39, 0.29) is 0 Å². The lowest BCUT2D eigenvalue weighted by atomic mass is 10.0. The molecule has 1 heteroatoms. The monoisotopic (exact) mass is 274 g/mol. The summed E-state index contributed by atoms with van der Waals surface area (Å²) in [7, 11) is 0. The minimum Gasteiger partial charge on any atom is -0.135 e. The maximum Gasteiger partial charge on any atom is 0.0355 e. The van der Waals surface area contributed by atoms with Crippen LogP contribution in [0, 0.1) is 6.92 Å².